The zero-order valence-corrected chi connectivity index (χ0v) is 13.7. The Bertz CT molecular complexity index is 384. The van der Waals surface area contributed by atoms with Crippen LogP contribution in [0.3, 0.4) is 0 Å². The molecule has 0 aromatic heterocycles. The summed E-state index contributed by atoms with van der Waals surface area (Å²) < 4.78 is 6.83. The summed E-state index contributed by atoms with van der Waals surface area (Å²) in [5.74, 6) is 0.919. The summed E-state index contributed by atoms with van der Waals surface area (Å²) in [5, 5.41) is 0.298. The van der Waals surface area contributed by atoms with E-state index in [4.69, 9.17) is 16.3 Å². The molecule has 2 atom stereocenters. The van der Waals surface area contributed by atoms with Crippen molar-refractivity contribution < 1.29 is 4.74 Å². The second-order valence-corrected chi connectivity index (χ2v) is 6.63. The Balaban J connectivity index is 1.74. The summed E-state index contributed by atoms with van der Waals surface area (Å²) in [6.07, 6.45) is 4.92. The molecule has 2 nitrogen and oxygen atoms in total. The number of hydrogen-bond acceptors (Lipinski definition) is 2. The van der Waals surface area contributed by atoms with Crippen molar-refractivity contribution in [2.24, 2.45) is 0 Å². The number of nitrogens with zero attached hydrogens (tertiary/aromatic N) is 1. The van der Waals surface area contributed by atoms with Gasteiger partial charge in [0, 0.05) is 22.4 Å². The second-order valence-electron chi connectivity index (χ2n) is 5.15. The average Bonchev–Trinajstić information content (AvgIpc) is 2.41. The van der Waals surface area contributed by atoms with Gasteiger partial charge in [-0.1, -0.05) is 28.8 Å². The molecule has 0 spiro atoms. The van der Waals surface area contributed by atoms with Gasteiger partial charge < -0.3 is 4.74 Å². The smallest absolute Gasteiger partial charge is 0.119 e. The van der Waals surface area contributed by atoms with Gasteiger partial charge in [0.15, 0.2) is 0 Å². The van der Waals surface area contributed by atoms with Crippen molar-refractivity contribution in [3.8, 4) is 5.75 Å². The maximum atomic E-state index is 6.40. The van der Waals surface area contributed by atoms with Gasteiger partial charge in [-0.05, 0) is 44.2 Å². The van der Waals surface area contributed by atoms with E-state index >= 15 is 0 Å². The predicted octanol–water partition coefficient (Wildman–Crippen LogP) is 4.31. The summed E-state index contributed by atoms with van der Waals surface area (Å²) in [4.78, 5) is 2.34. The number of rotatable bonds is 5. The first kappa shape index (κ1) is 15.1. The summed E-state index contributed by atoms with van der Waals surface area (Å²) in [5.41, 5.74) is 0. The molecule has 0 saturated heterocycles. The molecule has 0 radical (unpaired) electrons. The lowest BCUT2D eigenvalue weighted by molar-refractivity contribution is 0.163. The Kier molecular flexibility index (Phi) is 5.99. The molecule has 1 aromatic carbocycles. The number of halogens is 2. The van der Waals surface area contributed by atoms with Gasteiger partial charge >= 0.3 is 0 Å². The molecule has 1 fully saturated rings. The third-order valence-electron chi connectivity index (χ3n) is 3.74. The largest absolute Gasteiger partial charge is 0.492 e. The third kappa shape index (κ3) is 4.66. The molecule has 4 heteroatoms. The van der Waals surface area contributed by atoms with Gasteiger partial charge in [-0.25, -0.2) is 0 Å². The van der Waals surface area contributed by atoms with Gasteiger partial charge in [-0.15, -0.1) is 11.6 Å². The van der Waals surface area contributed by atoms with Crippen LogP contribution in [-0.2, 0) is 0 Å². The van der Waals surface area contributed by atoms with Crippen molar-refractivity contribution in [2.75, 3.05) is 20.2 Å². The topological polar surface area (TPSA) is 12.5 Å². The lowest BCUT2D eigenvalue weighted by atomic mass is 9.94. The minimum atomic E-state index is 0.298. The molecule has 1 aliphatic carbocycles. The average molecular weight is 347 g/mol. The maximum Gasteiger partial charge on any atom is 0.119 e. The van der Waals surface area contributed by atoms with E-state index in [2.05, 4.69) is 27.9 Å². The van der Waals surface area contributed by atoms with Gasteiger partial charge in [-0.2, -0.15) is 0 Å². The Hall–Kier alpha value is -0.250. The third-order valence-corrected chi connectivity index (χ3v) is 4.78. The number of hydrogen-bond donors (Lipinski definition) is 0. The predicted molar refractivity (Wildman–Crippen MR) is 84.2 cm³/mol. The minimum absolute atomic E-state index is 0.298. The fourth-order valence-electron chi connectivity index (χ4n) is 2.57. The summed E-state index contributed by atoms with van der Waals surface area (Å²) >= 11 is 9.82. The normalized spacial score (nSPS) is 23.6. The van der Waals surface area contributed by atoms with Crippen LogP contribution in [0, 0.1) is 0 Å². The van der Waals surface area contributed by atoms with Crippen molar-refractivity contribution >= 4 is 27.5 Å². The van der Waals surface area contributed by atoms with Crippen molar-refractivity contribution in [1.82, 2.24) is 4.90 Å². The van der Waals surface area contributed by atoms with Gasteiger partial charge in [-0.3, -0.25) is 4.90 Å². The Morgan fingerprint density at radius 1 is 1.26 bits per heavy atom. The molecule has 2 rings (SSSR count). The van der Waals surface area contributed by atoms with E-state index in [1.807, 2.05) is 24.3 Å². The van der Waals surface area contributed by atoms with Crippen LogP contribution in [0.25, 0.3) is 0 Å². The Labute approximate surface area is 129 Å². The molecule has 2 unspecified atom stereocenters. The first-order chi connectivity index (χ1) is 9.16. The Morgan fingerprint density at radius 2 is 1.95 bits per heavy atom. The zero-order valence-electron chi connectivity index (χ0n) is 11.3. The standard InChI is InChI=1S/C15H21BrClNO/c1-18(15-5-3-2-4-14(15)17)10-11-19-13-8-6-12(16)7-9-13/h6-9,14-15H,2-5,10-11H2,1H3. The molecule has 0 N–H and O–H groups in total. The molecule has 1 saturated carbocycles. The SMILES string of the molecule is CN(CCOc1ccc(Br)cc1)C1CCCCC1Cl. The molecular weight excluding hydrogens is 326 g/mol. The molecular formula is C15H21BrClNO. The number of alkyl halides is 1. The fourth-order valence-corrected chi connectivity index (χ4v) is 3.30. The van der Waals surface area contributed by atoms with Crippen molar-refractivity contribution in [1.29, 1.82) is 0 Å². The highest BCUT2D eigenvalue weighted by Crippen LogP contribution is 2.26. The number of benzene rings is 1. The fraction of sp³-hybridized carbons (Fsp3) is 0.600. The van der Waals surface area contributed by atoms with Crippen molar-refractivity contribution in [2.45, 2.75) is 37.1 Å². The summed E-state index contributed by atoms with van der Waals surface area (Å²) in [6.45, 7) is 1.63. The molecule has 0 heterocycles. The van der Waals surface area contributed by atoms with Crippen molar-refractivity contribution in [3.63, 3.8) is 0 Å². The van der Waals surface area contributed by atoms with E-state index in [0.717, 1.165) is 23.2 Å². The lowest BCUT2D eigenvalue weighted by Gasteiger charge is -2.34. The second kappa shape index (κ2) is 7.51. The van der Waals surface area contributed by atoms with E-state index in [1.165, 1.54) is 19.3 Å². The lowest BCUT2D eigenvalue weighted by Crippen LogP contribution is -2.42. The highest BCUT2D eigenvalue weighted by Gasteiger charge is 2.26. The van der Waals surface area contributed by atoms with E-state index in [-0.39, 0.29) is 0 Å². The molecule has 19 heavy (non-hydrogen) atoms. The van der Waals surface area contributed by atoms with Gasteiger partial charge in [0.1, 0.15) is 12.4 Å². The van der Waals surface area contributed by atoms with Gasteiger partial charge in [0.2, 0.25) is 0 Å². The number of ether oxygens (including phenoxy) is 1. The molecule has 0 amide bonds. The van der Waals surface area contributed by atoms with Crippen LogP contribution in [0.5, 0.6) is 5.75 Å². The van der Waals surface area contributed by atoms with E-state index in [1.54, 1.807) is 0 Å². The molecule has 106 valence electrons. The monoisotopic (exact) mass is 345 g/mol. The first-order valence-corrected chi connectivity index (χ1v) is 8.12. The van der Waals surface area contributed by atoms with Crippen LogP contribution >= 0.6 is 27.5 Å². The van der Waals surface area contributed by atoms with Crippen LogP contribution in [-0.4, -0.2) is 36.5 Å². The number of likely N-dealkylation sites (N-methyl/N-ethyl adjacent to an activating group) is 1. The summed E-state index contributed by atoms with van der Waals surface area (Å²) in [6, 6.07) is 8.46. The van der Waals surface area contributed by atoms with Gasteiger partial charge in [0.25, 0.3) is 0 Å². The molecule has 0 bridgehead atoms. The van der Waals surface area contributed by atoms with Crippen LogP contribution < -0.4 is 4.74 Å². The Morgan fingerprint density at radius 3 is 2.63 bits per heavy atom. The highest BCUT2D eigenvalue weighted by molar-refractivity contribution is 9.10. The van der Waals surface area contributed by atoms with Crippen LogP contribution in [0.1, 0.15) is 25.7 Å². The molecule has 1 aromatic rings. The molecule has 1 aliphatic rings. The molecule has 0 aliphatic heterocycles. The van der Waals surface area contributed by atoms with Crippen molar-refractivity contribution in [3.05, 3.63) is 28.7 Å². The van der Waals surface area contributed by atoms with Crippen LogP contribution in [0.2, 0.25) is 0 Å². The van der Waals surface area contributed by atoms with E-state index < -0.39 is 0 Å². The quantitative estimate of drug-likeness (QED) is 0.737. The maximum absolute atomic E-state index is 6.40. The van der Waals surface area contributed by atoms with Gasteiger partial charge in [0.05, 0.1) is 0 Å². The van der Waals surface area contributed by atoms with E-state index in [0.29, 0.717) is 18.0 Å². The minimum Gasteiger partial charge on any atom is -0.492 e. The zero-order chi connectivity index (χ0) is 13.7. The van der Waals surface area contributed by atoms with Crippen LogP contribution in [0.4, 0.5) is 0 Å². The van der Waals surface area contributed by atoms with Crippen LogP contribution in [0.15, 0.2) is 28.7 Å². The highest BCUT2D eigenvalue weighted by atomic mass is 79.9. The van der Waals surface area contributed by atoms with E-state index in [9.17, 15) is 0 Å². The summed E-state index contributed by atoms with van der Waals surface area (Å²) in [7, 11) is 2.15. The first-order valence-electron chi connectivity index (χ1n) is 6.89.